The Morgan fingerprint density at radius 2 is 1.05 bits per heavy atom. The van der Waals surface area contributed by atoms with Gasteiger partial charge >= 0.3 is 11.9 Å². The number of carbonyl (C=O) groups excluding carboxylic acids is 4. The molecule has 2 heterocycles. The minimum atomic E-state index is -0.733. The van der Waals surface area contributed by atoms with Gasteiger partial charge in [0.2, 0.25) is 0 Å². The van der Waals surface area contributed by atoms with Crippen molar-refractivity contribution in [1.82, 2.24) is 9.97 Å². The second kappa shape index (κ2) is 16.9. The second-order valence-corrected chi connectivity index (χ2v) is 19.3. The molecule has 0 saturated heterocycles. The van der Waals surface area contributed by atoms with E-state index in [1.54, 1.807) is 0 Å². The number of ketones is 2. The molecule has 0 bridgehead atoms. The average molecular weight is 809 g/mol. The fourth-order valence-electron chi connectivity index (χ4n) is 8.53. The molecule has 314 valence electrons. The van der Waals surface area contributed by atoms with Crippen LogP contribution in [0.3, 0.4) is 0 Å². The van der Waals surface area contributed by atoms with Gasteiger partial charge < -0.3 is 9.47 Å². The molecular weight excluding hydrogens is 749 g/mol. The summed E-state index contributed by atoms with van der Waals surface area (Å²) in [5, 5.41) is 0. The van der Waals surface area contributed by atoms with E-state index in [2.05, 4.69) is 35.3 Å². The molecule has 0 radical (unpaired) electrons. The largest absolute Gasteiger partial charge is 0.430 e. The van der Waals surface area contributed by atoms with Gasteiger partial charge in [-0.2, -0.15) is 0 Å². The maximum atomic E-state index is 14.3. The smallest absolute Gasteiger partial charge is 0.316 e. The first-order valence-corrected chi connectivity index (χ1v) is 21.1. The number of esters is 2. The van der Waals surface area contributed by atoms with Crippen LogP contribution in [0.2, 0.25) is 0 Å². The zero-order valence-electron chi connectivity index (χ0n) is 37.7. The quantitative estimate of drug-likeness (QED) is 0.146. The third-order valence-electron chi connectivity index (χ3n) is 11.6. The number of rotatable bonds is 10. The monoisotopic (exact) mass is 808 g/mol. The van der Waals surface area contributed by atoms with E-state index in [0.29, 0.717) is 54.8 Å². The Labute approximate surface area is 355 Å². The highest BCUT2D eigenvalue weighted by Gasteiger charge is 2.41. The number of hydrogen-bond acceptors (Lipinski definition) is 8. The van der Waals surface area contributed by atoms with Gasteiger partial charge in [-0.25, -0.2) is 0 Å². The van der Waals surface area contributed by atoms with Crippen molar-refractivity contribution < 1.29 is 28.7 Å². The molecule has 2 atom stereocenters. The summed E-state index contributed by atoms with van der Waals surface area (Å²) in [5.41, 5.74) is 11.9. The molecule has 2 aromatic heterocycles. The molecule has 0 saturated carbocycles. The van der Waals surface area contributed by atoms with E-state index in [4.69, 9.17) is 14.5 Å². The van der Waals surface area contributed by atoms with Gasteiger partial charge in [-0.05, 0) is 158 Å². The van der Waals surface area contributed by atoms with E-state index in [1.807, 2.05) is 115 Å². The second-order valence-electron chi connectivity index (χ2n) is 19.3. The van der Waals surface area contributed by atoms with E-state index in [-0.39, 0.29) is 29.4 Å². The summed E-state index contributed by atoms with van der Waals surface area (Å²) >= 11 is 0. The van der Waals surface area contributed by atoms with Crippen LogP contribution >= 0.6 is 0 Å². The Bertz CT molecular complexity index is 2420. The van der Waals surface area contributed by atoms with Crippen molar-refractivity contribution in [3.05, 3.63) is 139 Å². The van der Waals surface area contributed by atoms with E-state index in [9.17, 15) is 19.2 Å². The third-order valence-corrected chi connectivity index (χ3v) is 11.6. The first kappa shape index (κ1) is 44.1. The summed E-state index contributed by atoms with van der Waals surface area (Å²) in [6.07, 6.45) is 5.85. The minimum Gasteiger partial charge on any atom is -0.430 e. The number of aryl methyl sites for hydroxylation is 7. The molecule has 0 spiro atoms. The molecule has 6 rings (SSSR count). The Balaban J connectivity index is 1.23. The molecule has 2 aromatic carbocycles. The van der Waals surface area contributed by atoms with Crippen LogP contribution in [0.5, 0.6) is 0 Å². The number of benzene rings is 2. The van der Waals surface area contributed by atoms with Crippen LogP contribution < -0.4 is 0 Å². The Hall–Kier alpha value is -5.50. The van der Waals surface area contributed by atoms with Crippen LogP contribution in [0.4, 0.5) is 0 Å². The van der Waals surface area contributed by atoms with Gasteiger partial charge in [0.1, 0.15) is 11.5 Å². The van der Waals surface area contributed by atoms with Gasteiger partial charge in [-0.1, -0.05) is 42.0 Å². The van der Waals surface area contributed by atoms with Crippen LogP contribution in [0, 0.1) is 71.1 Å². The Morgan fingerprint density at radius 1 is 0.583 bits per heavy atom. The van der Waals surface area contributed by atoms with Crippen LogP contribution in [-0.4, -0.2) is 33.5 Å². The SMILES string of the molecule is Cc1ccc(CC2CC(OC(=O)C(C)(C)C)=C(c3c(C)cc(Cc4cnc(CC5CC(OC(=O)C(C)(C)C)=C(c6c(C)cc(C)cc6C)C5=O)c(C)c4)cc3C)C2=O)nc1. The number of ether oxygens (including phenoxy) is 2. The van der Waals surface area contributed by atoms with Gasteiger partial charge in [-0.3, -0.25) is 29.1 Å². The molecular formula is C52H60N2O6. The zero-order chi connectivity index (χ0) is 44.0. The lowest BCUT2D eigenvalue weighted by Crippen LogP contribution is -2.22. The highest BCUT2D eigenvalue weighted by Crippen LogP contribution is 2.43. The number of aromatic nitrogens is 2. The van der Waals surface area contributed by atoms with Crippen molar-refractivity contribution in [3.8, 4) is 0 Å². The summed E-state index contributed by atoms with van der Waals surface area (Å²) < 4.78 is 12.1. The summed E-state index contributed by atoms with van der Waals surface area (Å²) in [7, 11) is 0. The van der Waals surface area contributed by atoms with Crippen molar-refractivity contribution in [2.45, 2.75) is 122 Å². The average Bonchev–Trinajstić information content (AvgIpc) is 3.59. The summed E-state index contributed by atoms with van der Waals surface area (Å²) in [6.45, 7) is 24.9. The van der Waals surface area contributed by atoms with Gasteiger partial charge in [0.25, 0.3) is 0 Å². The van der Waals surface area contributed by atoms with Crippen molar-refractivity contribution >= 4 is 34.7 Å². The van der Waals surface area contributed by atoms with Crippen LogP contribution in [-0.2, 0) is 47.9 Å². The molecule has 0 amide bonds. The van der Waals surface area contributed by atoms with Crippen molar-refractivity contribution in [2.24, 2.45) is 22.7 Å². The number of nitrogens with zero attached hydrogens (tertiary/aromatic N) is 2. The van der Waals surface area contributed by atoms with Crippen LogP contribution in [0.15, 0.2) is 66.4 Å². The fraction of sp³-hybridized carbons (Fsp3) is 0.423. The first-order chi connectivity index (χ1) is 28.0. The lowest BCUT2D eigenvalue weighted by Gasteiger charge is -2.19. The first-order valence-electron chi connectivity index (χ1n) is 21.1. The topological polar surface area (TPSA) is 113 Å². The number of hydrogen-bond donors (Lipinski definition) is 0. The minimum absolute atomic E-state index is 0.0246. The number of pyridine rings is 2. The van der Waals surface area contributed by atoms with Gasteiger partial charge in [0, 0.05) is 61.3 Å². The number of allylic oxidation sites excluding steroid dienone is 4. The van der Waals surface area contributed by atoms with E-state index in [0.717, 1.165) is 72.6 Å². The number of Topliss-reactive ketones (excluding diaryl/α,β-unsaturated/α-hetero) is 2. The molecule has 8 heteroatoms. The molecule has 2 unspecified atom stereocenters. The predicted molar refractivity (Wildman–Crippen MR) is 236 cm³/mol. The molecule has 0 fully saturated rings. The van der Waals surface area contributed by atoms with Gasteiger partial charge in [0.05, 0.1) is 22.0 Å². The predicted octanol–water partition coefficient (Wildman–Crippen LogP) is 10.5. The molecule has 8 nitrogen and oxygen atoms in total. The summed E-state index contributed by atoms with van der Waals surface area (Å²) in [4.78, 5) is 64.2. The standard InChI is InChI=1S/C52H60N2O6/c1-28-14-15-39(53-26-28)22-37-24-41(59-49(57)51(8,9)10)46(47(37)55)44-33(6)19-35(20-34(44)7)21-36-18-30(3)40(54-27-36)23-38-25-42(60-50(58)52(11,12)13)45(48(38)56)43-31(4)16-29(2)17-32(43)5/h14-20,26-27,37-38H,21-25H2,1-13H3. The van der Waals surface area contributed by atoms with Crippen molar-refractivity contribution in [1.29, 1.82) is 0 Å². The van der Waals surface area contributed by atoms with Gasteiger partial charge in [0.15, 0.2) is 11.6 Å². The normalized spacial score (nSPS) is 17.2. The van der Waals surface area contributed by atoms with Gasteiger partial charge in [-0.15, -0.1) is 0 Å². The fourth-order valence-corrected chi connectivity index (χ4v) is 8.53. The molecule has 60 heavy (non-hydrogen) atoms. The molecule has 2 aliphatic carbocycles. The van der Waals surface area contributed by atoms with E-state index >= 15 is 0 Å². The molecule has 0 N–H and O–H groups in total. The molecule has 2 aliphatic rings. The number of carbonyl (C=O) groups is 4. The van der Waals surface area contributed by atoms with E-state index < -0.39 is 16.7 Å². The van der Waals surface area contributed by atoms with Crippen molar-refractivity contribution in [2.75, 3.05) is 0 Å². The molecule has 4 aromatic rings. The lowest BCUT2D eigenvalue weighted by atomic mass is 9.88. The van der Waals surface area contributed by atoms with Crippen molar-refractivity contribution in [3.63, 3.8) is 0 Å². The maximum absolute atomic E-state index is 14.3. The maximum Gasteiger partial charge on any atom is 0.316 e. The third kappa shape index (κ3) is 9.43. The summed E-state index contributed by atoms with van der Waals surface area (Å²) in [6, 6.07) is 14.4. The summed E-state index contributed by atoms with van der Waals surface area (Å²) in [5.74, 6) is -0.713. The Kier molecular flexibility index (Phi) is 12.4. The molecule has 0 aliphatic heterocycles. The highest BCUT2D eigenvalue weighted by molar-refractivity contribution is 6.26. The lowest BCUT2D eigenvalue weighted by molar-refractivity contribution is -0.149. The van der Waals surface area contributed by atoms with E-state index in [1.165, 1.54) is 0 Å². The Morgan fingerprint density at radius 3 is 1.50 bits per heavy atom. The highest BCUT2D eigenvalue weighted by atomic mass is 16.5. The zero-order valence-corrected chi connectivity index (χ0v) is 37.7. The van der Waals surface area contributed by atoms with Crippen LogP contribution in [0.1, 0.15) is 127 Å². The van der Waals surface area contributed by atoms with Crippen LogP contribution in [0.25, 0.3) is 11.1 Å².